The van der Waals surface area contributed by atoms with E-state index in [0.717, 1.165) is 0 Å². The van der Waals surface area contributed by atoms with E-state index in [1.807, 2.05) is 6.92 Å². The number of hydrogen-bond acceptors (Lipinski definition) is 4. The van der Waals surface area contributed by atoms with Gasteiger partial charge in [0.2, 0.25) is 5.91 Å². The predicted molar refractivity (Wildman–Crippen MR) is 63.8 cm³/mol. The van der Waals surface area contributed by atoms with E-state index in [0.29, 0.717) is 19.7 Å². The van der Waals surface area contributed by atoms with Gasteiger partial charge in [0.05, 0.1) is 13.2 Å². The summed E-state index contributed by atoms with van der Waals surface area (Å²) in [4.78, 5) is 24.2. The number of hydrogen-bond donors (Lipinski definition) is 2. The summed E-state index contributed by atoms with van der Waals surface area (Å²) in [5.41, 5.74) is -1.05. The molecule has 0 aromatic heterocycles. The molecule has 17 heavy (non-hydrogen) atoms. The second-order valence-electron chi connectivity index (χ2n) is 4.22. The molecule has 0 aromatic rings. The number of carbonyl (C=O) groups excluding carboxylic acids is 1. The smallest absolute Gasteiger partial charge is 0.323 e. The Kier molecular flexibility index (Phi) is 6.75. The first-order chi connectivity index (χ1) is 7.86. The Balaban J connectivity index is 4.31. The summed E-state index contributed by atoms with van der Waals surface area (Å²) in [7, 11) is 1.55. The van der Waals surface area contributed by atoms with Crippen LogP contribution in [0.15, 0.2) is 0 Å². The van der Waals surface area contributed by atoms with Gasteiger partial charge in [-0.3, -0.25) is 14.5 Å². The van der Waals surface area contributed by atoms with Crippen molar-refractivity contribution >= 4 is 11.9 Å². The molecule has 0 rings (SSSR count). The Morgan fingerprint density at radius 1 is 1.41 bits per heavy atom. The molecule has 0 fully saturated rings. The first kappa shape index (κ1) is 15.9. The third kappa shape index (κ3) is 5.14. The summed E-state index contributed by atoms with van der Waals surface area (Å²) < 4.78 is 4.81. The second kappa shape index (κ2) is 7.24. The lowest BCUT2D eigenvalue weighted by Gasteiger charge is -2.33. The lowest BCUT2D eigenvalue weighted by molar-refractivity contribution is -0.150. The zero-order chi connectivity index (χ0) is 13.5. The van der Waals surface area contributed by atoms with Crippen LogP contribution in [0.1, 0.15) is 20.8 Å². The van der Waals surface area contributed by atoms with Crippen LogP contribution < -0.4 is 5.32 Å². The number of carboxylic acid groups (broad SMARTS) is 1. The van der Waals surface area contributed by atoms with E-state index in [1.54, 1.807) is 25.9 Å². The molecule has 0 saturated heterocycles. The van der Waals surface area contributed by atoms with Crippen LogP contribution in [0.2, 0.25) is 0 Å². The van der Waals surface area contributed by atoms with Crippen molar-refractivity contribution in [2.45, 2.75) is 26.3 Å². The molecule has 1 amide bonds. The third-order valence-corrected chi connectivity index (χ3v) is 2.66. The Labute approximate surface area is 102 Å². The SMILES string of the molecule is CCN(CC(=O)NCCOC)C(C)(C)C(=O)O. The number of ether oxygens (including phenoxy) is 1. The van der Waals surface area contributed by atoms with Crippen molar-refractivity contribution in [2.75, 3.05) is 33.4 Å². The quantitative estimate of drug-likeness (QED) is 0.586. The Bertz CT molecular complexity index is 266. The normalized spacial score (nSPS) is 11.6. The fourth-order valence-corrected chi connectivity index (χ4v) is 1.36. The van der Waals surface area contributed by atoms with Crippen molar-refractivity contribution in [1.29, 1.82) is 0 Å². The van der Waals surface area contributed by atoms with Gasteiger partial charge in [0, 0.05) is 13.7 Å². The van der Waals surface area contributed by atoms with E-state index in [2.05, 4.69) is 5.32 Å². The molecule has 0 aliphatic rings. The molecule has 0 atom stereocenters. The summed E-state index contributed by atoms with van der Waals surface area (Å²) in [5, 5.41) is 11.7. The van der Waals surface area contributed by atoms with Crippen molar-refractivity contribution in [1.82, 2.24) is 10.2 Å². The number of likely N-dealkylation sites (N-methyl/N-ethyl adjacent to an activating group) is 1. The first-order valence-electron chi connectivity index (χ1n) is 5.60. The molecule has 6 nitrogen and oxygen atoms in total. The van der Waals surface area contributed by atoms with E-state index in [1.165, 1.54) is 0 Å². The molecule has 0 radical (unpaired) electrons. The van der Waals surface area contributed by atoms with E-state index in [-0.39, 0.29) is 12.5 Å². The van der Waals surface area contributed by atoms with Gasteiger partial charge in [-0.05, 0) is 20.4 Å². The van der Waals surface area contributed by atoms with Crippen molar-refractivity contribution < 1.29 is 19.4 Å². The maximum atomic E-state index is 11.6. The lowest BCUT2D eigenvalue weighted by Crippen LogP contribution is -2.53. The molecule has 0 aromatic carbocycles. The van der Waals surface area contributed by atoms with Gasteiger partial charge in [-0.1, -0.05) is 6.92 Å². The molecule has 6 heteroatoms. The number of aliphatic carboxylic acids is 1. The molecule has 2 N–H and O–H groups in total. The summed E-state index contributed by atoms with van der Waals surface area (Å²) in [6, 6.07) is 0. The molecular weight excluding hydrogens is 224 g/mol. The van der Waals surface area contributed by atoms with Crippen LogP contribution in [0.3, 0.4) is 0 Å². The van der Waals surface area contributed by atoms with Crippen LogP contribution >= 0.6 is 0 Å². The maximum Gasteiger partial charge on any atom is 0.323 e. The zero-order valence-electron chi connectivity index (χ0n) is 10.9. The van der Waals surface area contributed by atoms with Gasteiger partial charge in [0.1, 0.15) is 5.54 Å². The van der Waals surface area contributed by atoms with E-state index in [9.17, 15) is 9.59 Å². The van der Waals surface area contributed by atoms with Gasteiger partial charge in [0.25, 0.3) is 0 Å². The third-order valence-electron chi connectivity index (χ3n) is 2.66. The Morgan fingerprint density at radius 2 is 2.00 bits per heavy atom. The highest BCUT2D eigenvalue weighted by Gasteiger charge is 2.34. The molecule has 0 heterocycles. The van der Waals surface area contributed by atoms with Crippen molar-refractivity contribution in [3.63, 3.8) is 0 Å². The van der Waals surface area contributed by atoms with E-state index < -0.39 is 11.5 Å². The van der Waals surface area contributed by atoms with Crippen LogP contribution in [0.5, 0.6) is 0 Å². The van der Waals surface area contributed by atoms with Crippen molar-refractivity contribution in [2.24, 2.45) is 0 Å². The van der Waals surface area contributed by atoms with Crippen LogP contribution in [0.4, 0.5) is 0 Å². The molecule has 0 aliphatic carbocycles. The zero-order valence-corrected chi connectivity index (χ0v) is 10.9. The summed E-state index contributed by atoms with van der Waals surface area (Å²) >= 11 is 0. The summed E-state index contributed by atoms with van der Waals surface area (Å²) in [5.74, 6) is -1.14. The minimum atomic E-state index is -1.05. The molecular formula is C11H22N2O4. The number of nitrogens with zero attached hydrogens (tertiary/aromatic N) is 1. The van der Waals surface area contributed by atoms with Gasteiger partial charge in [-0.15, -0.1) is 0 Å². The summed E-state index contributed by atoms with van der Waals surface area (Å²) in [6.45, 7) is 6.44. The standard InChI is InChI=1S/C11H22N2O4/c1-5-13(11(2,3)10(15)16)8-9(14)12-6-7-17-4/h5-8H2,1-4H3,(H,12,14)(H,15,16). The second-order valence-corrected chi connectivity index (χ2v) is 4.22. The number of carbonyl (C=O) groups is 2. The monoisotopic (exact) mass is 246 g/mol. The van der Waals surface area contributed by atoms with Gasteiger partial charge in [0.15, 0.2) is 0 Å². The minimum absolute atomic E-state index is 0.0690. The largest absolute Gasteiger partial charge is 0.480 e. The number of carboxylic acids is 1. The highest BCUT2D eigenvalue weighted by molar-refractivity contribution is 5.81. The van der Waals surface area contributed by atoms with Crippen LogP contribution in [-0.2, 0) is 14.3 Å². The van der Waals surface area contributed by atoms with E-state index >= 15 is 0 Å². The fraction of sp³-hybridized carbons (Fsp3) is 0.818. The maximum absolute atomic E-state index is 11.6. The molecule has 0 aliphatic heterocycles. The minimum Gasteiger partial charge on any atom is -0.480 e. The molecule has 0 unspecified atom stereocenters. The number of rotatable bonds is 8. The van der Waals surface area contributed by atoms with Gasteiger partial charge in [-0.25, -0.2) is 0 Å². The van der Waals surface area contributed by atoms with Gasteiger partial charge in [-0.2, -0.15) is 0 Å². The molecule has 0 spiro atoms. The van der Waals surface area contributed by atoms with Crippen LogP contribution in [-0.4, -0.2) is 60.8 Å². The highest BCUT2D eigenvalue weighted by atomic mass is 16.5. The van der Waals surface area contributed by atoms with Crippen LogP contribution in [0, 0.1) is 0 Å². The Morgan fingerprint density at radius 3 is 2.41 bits per heavy atom. The van der Waals surface area contributed by atoms with Gasteiger partial charge < -0.3 is 15.2 Å². The van der Waals surface area contributed by atoms with E-state index in [4.69, 9.17) is 9.84 Å². The number of nitrogens with one attached hydrogen (secondary N) is 1. The number of amides is 1. The van der Waals surface area contributed by atoms with Crippen molar-refractivity contribution in [3.8, 4) is 0 Å². The summed E-state index contributed by atoms with van der Waals surface area (Å²) in [6.07, 6.45) is 0. The van der Waals surface area contributed by atoms with Crippen molar-refractivity contribution in [3.05, 3.63) is 0 Å². The molecule has 100 valence electrons. The topological polar surface area (TPSA) is 78.9 Å². The van der Waals surface area contributed by atoms with Gasteiger partial charge >= 0.3 is 5.97 Å². The lowest BCUT2D eigenvalue weighted by atomic mass is 10.0. The molecule has 0 bridgehead atoms. The average Bonchev–Trinajstić information content (AvgIpc) is 2.25. The Hall–Kier alpha value is -1.14. The predicted octanol–water partition coefficient (Wildman–Crippen LogP) is -0.0659. The highest BCUT2D eigenvalue weighted by Crippen LogP contribution is 2.13. The number of methoxy groups -OCH3 is 1. The molecule has 0 saturated carbocycles. The average molecular weight is 246 g/mol. The van der Waals surface area contributed by atoms with Crippen LogP contribution in [0.25, 0.3) is 0 Å². The first-order valence-corrected chi connectivity index (χ1v) is 5.60. The fourth-order valence-electron chi connectivity index (χ4n) is 1.36.